The van der Waals surface area contributed by atoms with E-state index in [1.54, 1.807) is 0 Å². The first-order valence-corrected chi connectivity index (χ1v) is 6.60. The number of hydrogen-bond donors (Lipinski definition) is 0. The summed E-state index contributed by atoms with van der Waals surface area (Å²) in [5.74, 6) is 3.56. The average molecular weight is 249 g/mol. The molecule has 17 heavy (non-hydrogen) atoms. The Labute approximate surface area is 104 Å². The van der Waals surface area contributed by atoms with Crippen LogP contribution in [-0.4, -0.2) is 16.4 Å². The van der Waals surface area contributed by atoms with Crippen molar-refractivity contribution >= 4 is 16.7 Å². The molecule has 0 atom stereocenters. The number of rotatable bonds is 4. The lowest BCUT2D eigenvalue weighted by Gasteiger charge is -2.12. The number of anilines is 1. The van der Waals surface area contributed by atoms with Crippen LogP contribution in [0.3, 0.4) is 0 Å². The van der Waals surface area contributed by atoms with Gasteiger partial charge in [0.25, 0.3) is 0 Å². The van der Waals surface area contributed by atoms with Crippen LogP contribution in [0, 0.1) is 6.92 Å². The number of hydrogen-bond acceptors (Lipinski definition) is 5. The molecule has 0 unspecified atom stereocenters. The summed E-state index contributed by atoms with van der Waals surface area (Å²) in [6, 6.07) is 3.99. The second-order valence-corrected chi connectivity index (χ2v) is 5.31. The molecule has 4 nitrogen and oxygen atoms in total. The lowest BCUT2D eigenvalue weighted by atomic mass is 10.4. The molecule has 0 bridgehead atoms. The van der Waals surface area contributed by atoms with Gasteiger partial charge in [0.2, 0.25) is 5.13 Å². The van der Waals surface area contributed by atoms with Crippen molar-refractivity contribution in [2.45, 2.75) is 32.2 Å². The van der Waals surface area contributed by atoms with E-state index < -0.39 is 0 Å². The first kappa shape index (κ1) is 10.8. The van der Waals surface area contributed by atoms with Crippen LogP contribution in [0.2, 0.25) is 0 Å². The average Bonchev–Trinajstić information content (AvgIpc) is 2.88. The molecule has 2 aromatic heterocycles. The van der Waals surface area contributed by atoms with Crippen LogP contribution in [0.25, 0.3) is 0 Å². The molecule has 90 valence electrons. The van der Waals surface area contributed by atoms with E-state index >= 15 is 0 Å². The highest BCUT2D eigenvalue weighted by Crippen LogP contribution is 2.39. The first-order chi connectivity index (χ1) is 8.22. The molecule has 1 saturated carbocycles. The van der Waals surface area contributed by atoms with Crippen LogP contribution in [0.5, 0.6) is 0 Å². The highest BCUT2D eigenvalue weighted by atomic mass is 32.1. The van der Waals surface area contributed by atoms with Crippen molar-refractivity contribution in [2.75, 3.05) is 11.9 Å². The molecule has 0 saturated heterocycles. The summed E-state index contributed by atoms with van der Waals surface area (Å²) in [7, 11) is 2.02. The zero-order chi connectivity index (χ0) is 11.8. The highest BCUT2D eigenvalue weighted by Gasteiger charge is 2.28. The van der Waals surface area contributed by atoms with Gasteiger partial charge in [-0.05, 0) is 31.9 Å². The molecule has 1 aliphatic carbocycles. The van der Waals surface area contributed by atoms with Crippen LogP contribution >= 0.6 is 11.5 Å². The van der Waals surface area contributed by atoms with Crippen LogP contribution in [0.4, 0.5) is 5.13 Å². The van der Waals surface area contributed by atoms with E-state index in [0.29, 0.717) is 5.92 Å². The number of nitrogens with zero attached hydrogens (tertiary/aromatic N) is 3. The van der Waals surface area contributed by atoms with Crippen LogP contribution in [0.15, 0.2) is 16.5 Å². The summed E-state index contributed by atoms with van der Waals surface area (Å²) >= 11 is 1.48. The second-order valence-electron chi connectivity index (χ2n) is 4.58. The normalized spacial score (nSPS) is 15.2. The molecule has 0 N–H and O–H groups in total. The molecule has 2 aromatic rings. The SMILES string of the molecule is Cc1ccc(CN(C)c2nc(C3CC3)ns2)o1. The van der Waals surface area contributed by atoms with Gasteiger partial charge < -0.3 is 9.32 Å². The Morgan fingerprint density at radius 1 is 1.47 bits per heavy atom. The fraction of sp³-hybridized carbons (Fsp3) is 0.500. The van der Waals surface area contributed by atoms with Gasteiger partial charge in [-0.15, -0.1) is 0 Å². The maximum atomic E-state index is 5.56. The van der Waals surface area contributed by atoms with Gasteiger partial charge in [0.15, 0.2) is 0 Å². The smallest absolute Gasteiger partial charge is 0.205 e. The van der Waals surface area contributed by atoms with E-state index in [9.17, 15) is 0 Å². The Balaban J connectivity index is 1.69. The van der Waals surface area contributed by atoms with Gasteiger partial charge in [-0.1, -0.05) is 0 Å². The molecule has 0 amide bonds. The van der Waals surface area contributed by atoms with Crippen molar-refractivity contribution in [2.24, 2.45) is 0 Å². The molecule has 0 radical (unpaired) electrons. The van der Waals surface area contributed by atoms with Crippen LogP contribution < -0.4 is 4.90 Å². The Hall–Kier alpha value is -1.36. The third-order valence-electron chi connectivity index (χ3n) is 2.89. The predicted molar refractivity (Wildman–Crippen MR) is 67.4 cm³/mol. The van der Waals surface area contributed by atoms with Crippen molar-refractivity contribution < 1.29 is 4.42 Å². The Kier molecular flexibility index (Phi) is 2.63. The molecule has 0 spiro atoms. The number of aromatic nitrogens is 2. The van der Waals surface area contributed by atoms with Crippen molar-refractivity contribution in [1.82, 2.24) is 9.36 Å². The highest BCUT2D eigenvalue weighted by molar-refractivity contribution is 7.09. The minimum atomic E-state index is 0.624. The number of furan rings is 1. The minimum absolute atomic E-state index is 0.624. The molecular formula is C12H15N3OS. The maximum absolute atomic E-state index is 5.56. The van der Waals surface area contributed by atoms with Gasteiger partial charge in [0.1, 0.15) is 17.3 Å². The summed E-state index contributed by atoms with van der Waals surface area (Å²) in [5.41, 5.74) is 0. The Morgan fingerprint density at radius 3 is 2.94 bits per heavy atom. The van der Waals surface area contributed by atoms with E-state index in [0.717, 1.165) is 29.0 Å². The molecule has 0 aliphatic heterocycles. The van der Waals surface area contributed by atoms with Gasteiger partial charge in [0.05, 0.1) is 6.54 Å². The molecule has 0 aromatic carbocycles. The van der Waals surface area contributed by atoms with E-state index in [-0.39, 0.29) is 0 Å². The third-order valence-corrected chi connectivity index (χ3v) is 3.73. The largest absolute Gasteiger partial charge is 0.464 e. The molecule has 2 heterocycles. The third kappa shape index (κ3) is 2.34. The predicted octanol–water partition coefficient (Wildman–Crippen LogP) is 2.95. The van der Waals surface area contributed by atoms with Crippen LogP contribution in [0.1, 0.15) is 36.1 Å². The molecule has 3 rings (SSSR count). The van der Waals surface area contributed by atoms with Crippen molar-refractivity contribution in [3.05, 3.63) is 29.5 Å². The Bertz CT molecular complexity index is 515. The van der Waals surface area contributed by atoms with Crippen LogP contribution in [-0.2, 0) is 6.54 Å². The lowest BCUT2D eigenvalue weighted by molar-refractivity contribution is 0.481. The zero-order valence-corrected chi connectivity index (χ0v) is 10.8. The Morgan fingerprint density at radius 2 is 2.29 bits per heavy atom. The number of aryl methyl sites for hydroxylation is 1. The van der Waals surface area contributed by atoms with E-state index in [1.807, 2.05) is 26.1 Å². The van der Waals surface area contributed by atoms with Gasteiger partial charge in [-0.2, -0.15) is 4.37 Å². The summed E-state index contributed by atoms with van der Waals surface area (Å²) in [6.45, 7) is 2.70. The van der Waals surface area contributed by atoms with Gasteiger partial charge in [-0.3, -0.25) is 0 Å². The topological polar surface area (TPSA) is 42.2 Å². The van der Waals surface area contributed by atoms with E-state index in [2.05, 4.69) is 14.3 Å². The van der Waals surface area contributed by atoms with Crippen molar-refractivity contribution in [1.29, 1.82) is 0 Å². The zero-order valence-electron chi connectivity index (χ0n) is 10.0. The molecule has 1 aliphatic rings. The standard InChI is InChI=1S/C12H15N3OS/c1-8-3-6-10(16-8)7-15(2)12-13-11(14-17-12)9-4-5-9/h3,6,9H,4-5,7H2,1-2H3. The molecular weight excluding hydrogens is 234 g/mol. The van der Waals surface area contributed by atoms with Gasteiger partial charge in [-0.25, -0.2) is 4.98 Å². The maximum Gasteiger partial charge on any atom is 0.205 e. The second kappa shape index (κ2) is 4.14. The van der Waals surface area contributed by atoms with E-state index in [1.165, 1.54) is 24.4 Å². The first-order valence-electron chi connectivity index (χ1n) is 5.82. The van der Waals surface area contributed by atoms with Crippen molar-refractivity contribution in [3.8, 4) is 0 Å². The fourth-order valence-electron chi connectivity index (χ4n) is 1.76. The summed E-state index contributed by atoms with van der Waals surface area (Å²) in [4.78, 5) is 6.65. The minimum Gasteiger partial charge on any atom is -0.464 e. The van der Waals surface area contributed by atoms with E-state index in [4.69, 9.17) is 4.42 Å². The summed E-state index contributed by atoms with van der Waals surface area (Å²) < 4.78 is 9.96. The fourth-order valence-corrected chi connectivity index (χ4v) is 2.46. The summed E-state index contributed by atoms with van der Waals surface area (Å²) in [5, 5.41) is 0.973. The lowest BCUT2D eigenvalue weighted by Crippen LogP contribution is -2.15. The summed E-state index contributed by atoms with van der Waals surface area (Å²) in [6.07, 6.45) is 2.49. The molecule has 5 heteroatoms. The van der Waals surface area contributed by atoms with Gasteiger partial charge in [0, 0.05) is 24.5 Å². The quantitative estimate of drug-likeness (QED) is 0.835. The van der Waals surface area contributed by atoms with Gasteiger partial charge >= 0.3 is 0 Å². The monoisotopic (exact) mass is 249 g/mol. The van der Waals surface area contributed by atoms with Crippen molar-refractivity contribution in [3.63, 3.8) is 0 Å². The molecule has 1 fully saturated rings.